The van der Waals surface area contributed by atoms with Crippen LogP contribution < -0.4 is 0 Å². The summed E-state index contributed by atoms with van der Waals surface area (Å²) >= 11 is 7.26. The van der Waals surface area contributed by atoms with Crippen molar-refractivity contribution in [3.8, 4) is 0 Å². The number of carboxylic acids is 1. The maximum absolute atomic E-state index is 11.2. The molecule has 0 fully saturated rings. The van der Waals surface area contributed by atoms with E-state index in [-0.39, 0.29) is 5.57 Å². The third-order valence-corrected chi connectivity index (χ3v) is 3.31. The fraction of sp³-hybridized carbons (Fsp3) is 0. The van der Waals surface area contributed by atoms with Gasteiger partial charge in [-0.25, -0.2) is 4.79 Å². The second kappa shape index (κ2) is 5.17. The molecule has 1 aromatic heterocycles. The minimum atomic E-state index is -0.938. The van der Waals surface area contributed by atoms with Crippen molar-refractivity contribution in [1.82, 2.24) is 0 Å². The van der Waals surface area contributed by atoms with E-state index in [0.29, 0.717) is 5.02 Å². The number of carboxylic acid groups (broad SMARTS) is 1. The molecule has 1 heterocycles. The standard InChI is InChI=1S/C13H9ClO2S/c14-10-4-1-3-9(7-10)8-11(13(15)16)12-5-2-6-17-12/h1-8H,(H,15,16)/b11-8+. The van der Waals surface area contributed by atoms with Crippen molar-refractivity contribution in [1.29, 1.82) is 0 Å². The summed E-state index contributed by atoms with van der Waals surface area (Å²) in [5, 5.41) is 11.6. The maximum Gasteiger partial charge on any atom is 0.337 e. The predicted molar refractivity (Wildman–Crippen MR) is 71.3 cm³/mol. The lowest BCUT2D eigenvalue weighted by Gasteiger charge is -2.00. The molecule has 4 heteroatoms. The minimum absolute atomic E-state index is 0.280. The molecule has 0 spiro atoms. The molecule has 2 nitrogen and oxygen atoms in total. The van der Waals surface area contributed by atoms with Gasteiger partial charge < -0.3 is 5.11 Å². The van der Waals surface area contributed by atoms with E-state index in [1.54, 1.807) is 30.3 Å². The zero-order valence-corrected chi connectivity index (χ0v) is 10.3. The Morgan fingerprint density at radius 3 is 2.71 bits per heavy atom. The SMILES string of the molecule is O=C(O)/C(=C/c1cccc(Cl)c1)c1cccs1. The van der Waals surface area contributed by atoms with Crippen LogP contribution in [0.5, 0.6) is 0 Å². The van der Waals surface area contributed by atoms with E-state index in [1.165, 1.54) is 11.3 Å². The summed E-state index contributed by atoms with van der Waals surface area (Å²) in [6, 6.07) is 10.7. The molecule has 2 aromatic rings. The Balaban J connectivity index is 2.44. The number of hydrogen-bond donors (Lipinski definition) is 1. The van der Waals surface area contributed by atoms with Crippen molar-refractivity contribution in [3.63, 3.8) is 0 Å². The van der Waals surface area contributed by atoms with Crippen molar-refractivity contribution in [3.05, 3.63) is 57.2 Å². The van der Waals surface area contributed by atoms with Crippen molar-refractivity contribution < 1.29 is 9.90 Å². The average Bonchev–Trinajstić information content (AvgIpc) is 2.78. The van der Waals surface area contributed by atoms with Crippen LogP contribution in [0.3, 0.4) is 0 Å². The van der Waals surface area contributed by atoms with Crippen LogP contribution in [0, 0.1) is 0 Å². The molecule has 0 radical (unpaired) electrons. The predicted octanol–water partition coefficient (Wildman–Crippen LogP) is 4.03. The van der Waals surface area contributed by atoms with Gasteiger partial charge in [0.15, 0.2) is 0 Å². The van der Waals surface area contributed by atoms with E-state index in [4.69, 9.17) is 11.6 Å². The first-order chi connectivity index (χ1) is 8.16. The van der Waals surface area contributed by atoms with Crippen LogP contribution in [0.4, 0.5) is 0 Å². The van der Waals surface area contributed by atoms with Crippen LogP contribution in [0.25, 0.3) is 11.6 Å². The Bertz CT molecular complexity index is 559. The number of halogens is 1. The molecule has 0 aliphatic rings. The molecular formula is C13H9ClO2S. The van der Waals surface area contributed by atoms with Crippen molar-refractivity contribution in [2.24, 2.45) is 0 Å². The normalized spacial score (nSPS) is 11.5. The van der Waals surface area contributed by atoms with E-state index >= 15 is 0 Å². The Hall–Kier alpha value is -1.58. The molecule has 17 heavy (non-hydrogen) atoms. The number of benzene rings is 1. The highest BCUT2D eigenvalue weighted by Crippen LogP contribution is 2.24. The second-order valence-corrected chi connectivity index (χ2v) is 4.78. The number of hydrogen-bond acceptors (Lipinski definition) is 2. The largest absolute Gasteiger partial charge is 0.478 e. The Morgan fingerprint density at radius 1 is 1.29 bits per heavy atom. The fourth-order valence-corrected chi connectivity index (χ4v) is 2.37. The van der Waals surface area contributed by atoms with Gasteiger partial charge in [-0.15, -0.1) is 11.3 Å². The number of carbonyl (C=O) groups is 1. The summed E-state index contributed by atoms with van der Waals surface area (Å²) in [5.41, 5.74) is 1.06. The van der Waals surface area contributed by atoms with Gasteiger partial charge in [-0.2, -0.15) is 0 Å². The molecule has 86 valence electrons. The van der Waals surface area contributed by atoms with Crippen molar-refractivity contribution in [2.75, 3.05) is 0 Å². The highest BCUT2D eigenvalue weighted by molar-refractivity contribution is 7.11. The third-order valence-electron chi connectivity index (χ3n) is 2.18. The maximum atomic E-state index is 11.2. The summed E-state index contributed by atoms with van der Waals surface area (Å²) in [6.45, 7) is 0. The minimum Gasteiger partial charge on any atom is -0.478 e. The quantitative estimate of drug-likeness (QED) is 0.850. The monoisotopic (exact) mass is 264 g/mol. The smallest absolute Gasteiger partial charge is 0.337 e. The molecule has 0 atom stereocenters. The fourth-order valence-electron chi connectivity index (χ4n) is 1.43. The molecule has 0 aliphatic carbocycles. The van der Waals surface area contributed by atoms with Crippen LogP contribution in [-0.2, 0) is 4.79 Å². The average molecular weight is 265 g/mol. The first-order valence-corrected chi connectivity index (χ1v) is 6.17. The molecule has 0 amide bonds. The lowest BCUT2D eigenvalue weighted by molar-refractivity contribution is -0.130. The summed E-state index contributed by atoms with van der Waals surface area (Å²) in [7, 11) is 0. The molecule has 0 saturated heterocycles. The van der Waals surface area contributed by atoms with Crippen LogP contribution in [0.2, 0.25) is 5.02 Å². The van der Waals surface area contributed by atoms with Gasteiger partial charge in [0.25, 0.3) is 0 Å². The highest BCUT2D eigenvalue weighted by atomic mass is 35.5. The second-order valence-electron chi connectivity index (χ2n) is 3.40. The van der Waals surface area contributed by atoms with Gasteiger partial charge in [-0.3, -0.25) is 0 Å². The summed E-state index contributed by atoms with van der Waals surface area (Å²) in [4.78, 5) is 11.9. The zero-order chi connectivity index (χ0) is 12.3. The van der Waals surface area contributed by atoms with Gasteiger partial charge in [0, 0.05) is 9.90 Å². The summed E-state index contributed by atoms with van der Waals surface area (Å²) in [6.07, 6.45) is 1.63. The van der Waals surface area contributed by atoms with Gasteiger partial charge >= 0.3 is 5.97 Å². The number of rotatable bonds is 3. The van der Waals surface area contributed by atoms with Gasteiger partial charge in [-0.1, -0.05) is 29.8 Å². The van der Waals surface area contributed by atoms with Gasteiger partial charge in [-0.05, 0) is 35.2 Å². The first-order valence-electron chi connectivity index (χ1n) is 4.91. The van der Waals surface area contributed by atoms with Gasteiger partial charge in [0.05, 0.1) is 5.57 Å². The Morgan fingerprint density at radius 2 is 2.12 bits per heavy atom. The Labute approximate surface area is 108 Å². The van der Waals surface area contributed by atoms with E-state index in [2.05, 4.69) is 0 Å². The first kappa shape index (κ1) is 11.9. The lowest BCUT2D eigenvalue weighted by atomic mass is 10.1. The zero-order valence-electron chi connectivity index (χ0n) is 8.76. The molecule has 0 aliphatic heterocycles. The molecule has 1 aromatic carbocycles. The van der Waals surface area contributed by atoms with E-state index in [9.17, 15) is 9.90 Å². The van der Waals surface area contributed by atoms with Crippen LogP contribution >= 0.6 is 22.9 Å². The van der Waals surface area contributed by atoms with E-state index in [0.717, 1.165) is 10.4 Å². The van der Waals surface area contributed by atoms with Crippen LogP contribution in [0.15, 0.2) is 41.8 Å². The molecular weight excluding hydrogens is 256 g/mol. The molecule has 0 saturated carbocycles. The van der Waals surface area contributed by atoms with Crippen LogP contribution in [0.1, 0.15) is 10.4 Å². The Kier molecular flexibility index (Phi) is 3.61. The third kappa shape index (κ3) is 2.96. The van der Waals surface area contributed by atoms with Gasteiger partial charge in [0.1, 0.15) is 0 Å². The molecule has 1 N–H and O–H groups in total. The van der Waals surface area contributed by atoms with Crippen molar-refractivity contribution in [2.45, 2.75) is 0 Å². The molecule has 0 unspecified atom stereocenters. The topological polar surface area (TPSA) is 37.3 Å². The summed E-state index contributed by atoms with van der Waals surface area (Å²) < 4.78 is 0. The number of thiophene rings is 1. The number of aliphatic carboxylic acids is 1. The lowest BCUT2D eigenvalue weighted by Crippen LogP contribution is -1.97. The van der Waals surface area contributed by atoms with Gasteiger partial charge in [0.2, 0.25) is 0 Å². The summed E-state index contributed by atoms with van der Waals surface area (Å²) in [5.74, 6) is -0.938. The van der Waals surface area contributed by atoms with E-state index < -0.39 is 5.97 Å². The van der Waals surface area contributed by atoms with Crippen molar-refractivity contribution >= 4 is 40.6 Å². The van der Waals surface area contributed by atoms with Crippen LogP contribution in [-0.4, -0.2) is 11.1 Å². The highest BCUT2D eigenvalue weighted by Gasteiger charge is 2.11. The molecule has 0 bridgehead atoms. The van der Waals surface area contributed by atoms with E-state index in [1.807, 2.05) is 17.5 Å². The molecule has 2 rings (SSSR count).